The van der Waals surface area contributed by atoms with Crippen LogP contribution in [-0.4, -0.2) is 41.6 Å². The lowest BCUT2D eigenvalue weighted by Gasteiger charge is -2.13. The molecule has 1 atom stereocenters. The molecule has 1 heterocycles. The van der Waals surface area contributed by atoms with E-state index in [1.807, 2.05) is 0 Å². The Morgan fingerprint density at radius 1 is 1.43 bits per heavy atom. The van der Waals surface area contributed by atoms with E-state index < -0.39 is 7.60 Å². The fourth-order valence-corrected chi connectivity index (χ4v) is 2.75. The molecule has 0 spiro atoms. The summed E-state index contributed by atoms with van der Waals surface area (Å²) in [5, 5.41) is 2.44. The molecule has 0 aromatic heterocycles. The van der Waals surface area contributed by atoms with Crippen molar-refractivity contribution >= 4 is 18.8 Å². The number of rotatable bonds is 6. The van der Waals surface area contributed by atoms with Gasteiger partial charge in [-0.3, -0.25) is 9.36 Å². The highest BCUT2D eigenvalue weighted by Crippen LogP contribution is 2.37. The van der Waals surface area contributed by atoms with Crippen LogP contribution in [0.15, 0.2) is 24.3 Å². The van der Waals surface area contributed by atoms with Gasteiger partial charge in [-0.2, -0.15) is 0 Å². The van der Waals surface area contributed by atoms with Gasteiger partial charge in [0.05, 0.1) is 6.10 Å². The van der Waals surface area contributed by atoms with Crippen LogP contribution in [0.25, 0.3) is 0 Å². The Balaban J connectivity index is 1.85. The predicted octanol–water partition coefficient (Wildman–Crippen LogP) is 0.164. The first-order chi connectivity index (χ1) is 9.97. The number of carbonyl (C=O) groups is 1. The molecule has 0 bridgehead atoms. The molecule has 116 valence electrons. The van der Waals surface area contributed by atoms with Crippen molar-refractivity contribution in [2.24, 2.45) is 0 Å². The van der Waals surface area contributed by atoms with Crippen molar-refractivity contribution in [3.8, 4) is 5.75 Å². The number of carbonyl (C=O) groups excluding carboxylic acids is 1. The molecule has 21 heavy (non-hydrogen) atoms. The predicted molar refractivity (Wildman–Crippen MR) is 75.6 cm³/mol. The van der Waals surface area contributed by atoms with Crippen molar-refractivity contribution in [1.29, 1.82) is 0 Å². The zero-order chi connectivity index (χ0) is 15.3. The fraction of sp³-hybridized carbons (Fsp3) is 0.462. The summed E-state index contributed by atoms with van der Waals surface area (Å²) in [4.78, 5) is 30.0. The third-order valence-corrected chi connectivity index (χ3v) is 4.09. The molecule has 7 nitrogen and oxygen atoms in total. The minimum Gasteiger partial charge on any atom is -0.483 e. The SMILES string of the molecule is O=C(COc1ccccc1P(=O)(O)O)NC[C@@H]1CCCO1. The van der Waals surface area contributed by atoms with Crippen LogP contribution in [-0.2, 0) is 14.1 Å². The van der Waals surface area contributed by atoms with Crippen LogP contribution in [0.1, 0.15) is 12.8 Å². The van der Waals surface area contributed by atoms with Crippen molar-refractivity contribution in [3.05, 3.63) is 24.3 Å². The second-order valence-corrected chi connectivity index (χ2v) is 6.31. The number of amides is 1. The summed E-state index contributed by atoms with van der Waals surface area (Å²) < 4.78 is 21.9. The average Bonchev–Trinajstić information content (AvgIpc) is 2.95. The smallest absolute Gasteiger partial charge is 0.359 e. The highest BCUT2D eigenvalue weighted by Gasteiger charge is 2.22. The van der Waals surface area contributed by atoms with Gasteiger partial charge in [0, 0.05) is 13.2 Å². The fourth-order valence-electron chi connectivity index (χ4n) is 2.05. The van der Waals surface area contributed by atoms with E-state index >= 15 is 0 Å². The zero-order valence-corrected chi connectivity index (χ0v) is 12.3. The number of para-hydroxylation sites is 1. The van der Waals surface area contributed by atoms with Gasteiger partial charge in [0.25, 0.3) is 5.91 Å². The minimum atomic E-state index is -4.42. The largest absolute Gasteiger partial charge is 0.483 e. The molecule has 3 N–H and O–H groups in total. The number of hydrogen-bond donors (Lipinski definition) is 3. The summed E-state index contributed by atoms with van der Waals surface area (Å²) in [6.07, 6.45) is 1.95. The molecule has 0 unspecified atom stereocenters. The summed E-state index contributed by atoms with van der Waals surface area (Å²) in [6.45, 7) is 0.832. The van der Waals surface area contributed by atoms with Crippen LogP contribution in [0.5, 0.6) is 5.75 Å². The minimum absolute atomic E-state index is 0.0121. The van der Waals surface area contributed by atoms with Crippen LogP contribution in [0.4, 0.5) is 0 Å². The number of ether oxygens (including phenoxy) is 2. The van der Waals surface area contributed by atoms with Gasteiger partial charge in [0.15, 0.2) is 6.61 Å². The van der Waals surface area contributed by atoms with E-state index in [1.165, 1.54) is 18.2 Å². The van der Waals surface area contributed by atoms with E-state index in [4.69, 9.17) is 9.47 Å². The van der Waals surface area contributed by atoms with Crippen LogP contribution in [0, 0.1) is 0 Å². The Labute approximate surface area is 122 Å². The van der Waals surface area contributed by atoms with Gasteiger partial charge in [-0.1, -0.05) is 12.1 Å². The third-order valence-electron chi connectivity index (χ3n) is 3.09. The standard InChI is InChI=1S/C13H18NO6P/c15-13(14-8-10-4-3-7-19-10)9-20-11-5-1-2-6-12(11)21(16,17)18/h1-2,5-6,10H,3-4,7-9H2,(H,14,15)(H2,16,17,18)/t10-/m0/s1. The summed E-state index contributed by atoms with van der Waals surface area (Å²) in [7, 11) is -4.42. The molecule has 1 aromatic rings. The van der Waals surface area contributed by atoms with Crippen molar-refractivity contribution in [3.63, 3.8) is 0 Å². The number of hydrogen-bond acceptors (Lipinski definition) is 4. The molecule has 0 saturated carbocycles. The first-order valence-corrected chi connectivity index (χ1v) is 8.24. The molecule has 0 radical (unpaired) electrons. The number of nitrogens with one attached hydrogen (secondary N) is 1. The average molecular weight is 315 g/mol. The van der Waals surface area contributed by atoms with E-state index in [0.29, 0.717) is 13.2 Å². The van der Waals surface area contributed by atoms with E-state index in [9.17, 15) is 19.1 Å². The topological polar surface area (TPSA) is 105 Å². The first kappa shape index (κ1) is 16.0. The first-order valence-electron chi connectivity index (χ1n) is 6.63. The maximum absolute atomic E-state index is 11.6. The second kappa shape index (κ2) is 7.04. The lowest BCUT2D eigenvalue weighted by atomic mass is 10.2. The molecular formula is C13H18NO6P. The quantitative estimate of drug-likeness (QED) is 0.646. The van der Waals surface area contributed by atoms with Gasteiger partial charge in [-0.25, -0.2) is 0 Å². The van der Waals surface area contributed by atoms with Gasteiger partial charge in [-0.05, 0) is 25.0 Å². The summed E-state index contributed by atoms with van der Waals surface area (Å²) >= 11 is 0. The van der Waals surface area contributed by atoms with E-state index in [-0.39, 0.29) is 29.7 Å². The Kier molecular flexibility index (Phi) is 5.36. The third kappa shape index (κ3) is 4.82. The van der Waals surface area contributed by atoms with Gasteiger partial charge < -0.3 is 24.6 Å². The lowest BCUT2D eigenvalue weighted by Crippen LogP contribution is -2.35. The van der Waals surface area contributed by atoms with Gasteiger partial charge in [0.1, 0.15) is 11.1 Å². The molecule has 1 aromatic carbocycles. The zero-order valence-electron chi connectivity index (χ0n) is 11.4. The highest BCUT2D eigenvalue weighted by molar-refractivity contribution is 7.60. The second-order valence-electron chi connectivity index (χ2n) is 4.74. The van der Waals surface area contributed by atoms with E-state index in [1.54, 1.807) is 6.07 Å². The van der Waals surface area contributed by atoms with Crippen molar-refractivity contribution in [1.82, 2.24) is 5.32 Å². The lowest BCUT2D eigenvalue weighted by molar-refractivity contribution is -0.123. The van der Waals surface area contributed by atoms with Crippen molar-refractivity contribution in [2.75, 3.05) is 19.8 Å². The highest BCUT2D eigenvalue weighted by atomic mass is 31.2. The monoisotopic (exact) mass is 315 g/mol. The molecule has 1 aliphatic rings. The summed E-state index contributed by atoms with van der Waals surface area (Å²) in [5.41, 5.74) is 0. The summed E-state index contributed by atoms with van der Waals surface area (Å²) in [6, 6.07) is 5.78. The molecule has 2 rings (SSSR count). The van der Waals surface area contributed by atoms with Crippen molar-refractivity contribution < 1.29 is 28.6 Å². The van der Waals surface area contributed by atoms with Crippen LogP contribution >= 0.6 is 7.60 Å². The van der Waals surface area contributed by atoms with E-state index in [0.717, 1.165) is 12.8 Å². The van der Waals surface area contributed by atoms with Gasteiger partial charge >= 0.3 is 7.60 Å². The van der Waals surface area contributed by atoms with Crippen LogP contribution in [0.2, 0.25) is 0 Å². The molecule has 1 amide bonds. The Bertz CT molecular complexity index is 537. The molecule has 1 fully saturated rings. The maximum Gasteiger partial charge on any atom is 0.359 e. The Morgan fingerprint density at radius 2 is 2.19 bits per heavy atom. The van der Waals surface area contributed by atoms with Crippen LogP contribution in [0.3, 0.4) is 0 Å². The van der Waals surface area contributed by atoms with Crippen molar-refractivity contribution in [2.45, 2.75) is 18.9 Å². The maximum atomic E-state index is 11.6. The summed E-state index contributed by atoms with van der Waals surface area (Å²) in [5.74, 6) is -0.343. The Morgan fingerprint density at radius 3 is 2.86 bits per heavy atom. The normalized spacial score (nSPS) is 18.5. The molecule has 1 aliphatic heterocycles. The molecule has 8 heteroatoms. The number of benzene rings is 1. The van der Waals surface area contributed by atoms with Crippen LogP contribution < -0.4 is 15.4 Å². The van der Waals surface area contributed by atoms with E-state index in [2.05, 4.69) is 5.32 Å². The molecule has 0 aliphatic carbocycles. The Hall–Kier alpha value is -1.40. The van der Waals surface area contributed by atoms with Gasteiger partial charge in [0.2, 0.25) is 0 Å². The molecular weight excluding hydrogens is 297 g/mol. The van der Waals surface area contributed by atoms with Gasteiger partial charge in [-0.15, -0.1) is 0 Å². The molecule has 1 saturated heterocycles.